The fourth-order valence-electron chi connectivity index (χ4n) is 6.07. The van der Waals surface area contributed by atoms with Crippen LogP contribution in [0.2, 0.25) is 0 Å². The fourth-order valence-corrected chi connectivity index (χ4v) is 6.80. The molecule has 1 aliphatic rings. The molecular formula is C46H76NO11P. The number of hydrogen-bond acceptors (Lipinski definition) is 11. The van der Waals surface area contributed by atoms with Crippen molar-refractivity contribution in [1.82, 2.24) is 0 Å². The second-order valence-electron chi connectivity index (χ2n) is 16.0. The van der Waals surface area contributed by atoms with E-state index in [-0.39, 0.29) is 37.7 Å². The first-order chi connectivity index (χ1) is 28.2. The Kier molecular flexibility index (Phi) is 30.1. The number of esters is 2. The second kappa shape index (κ2) is 32.8. The highest BCUT2D eigenvalue weighted by molar-refractivity contribution is 7.45. The molecule has 3 N–H and O–H groups in total. The molecule has 12 nitrogen and oxygen atoms in total. The SMILES string of the molecule is CC/C=C\C/C=C\C/C=C\C/C=C\C/C=C\CCCC(=O)OC[C@H](COP(=O)([O-])OCC[N+](C)(C)C)OC(=O)C/C=C\C[C@H]1[C@@H](/C=C/[C@H](O)CCCCC)[C@H](O)C[C@@H]1O. The van der Waals surface area contributed by atoms with E-state index in [4.69, 9.17) is 18.5 Å². The van der Waals surface area contributed by atoms with Crippen LogP contribution in [-0.4, -0.2) is 104 Å². The van der Waals surface area contributed by atoms with Crippen LogP contribution in [0.1, 0.15) is 110 Å². The standard InChI is InChI=1S/C46H76NO11P/c1-6-8-10-11-12-13-14-15-16-17-18-19-20-21-22-23-25-30-45(51)55-37-40(38-57-59(53,54)56-35-34-47(3,4)5)58-46(52)31-27-26-29-41-42(44(50)36-43(41)49)33-32-39(48)28-24-9-7-2/h8,10,12-13,15-16,18-19,21-22,26-27,32-33,39-44,48-50H,6-7,9,11,14,17,20,23-25,28-31,34-38H2,1-5H3/b10-8-,13-12-,16-15-,19-18-,22-21-,27-26-,33-32+/t39-,40-,41+,42-,43+,44-/m1/s1. The lowest BCUT2D eigenvalue weighted by Gasteiger charge is -2.28. The molecule has 59 heavy (non-hydrogen) atoms. The molecule has 1 aliphatic carbocycles. The number of allylic oxidation sites excluding steroid dienone is 11. The second-order valence-corrected chi connectivity index (χ2v) is 17.4. The minimum atomic E-state index is -4.74. The van der Waals surface area contributed by atoms with E-state index in [0.29, 0.717) is 36.7 Å². The molecule has 0 aliphatic heterocycles. The summed E-state index contributed by atoms with van der Waals surface area (Å²) in [6, 6.07) is 0. The molecule has 0 bridgehead atoms. The van der Waals surface area contributed by atoms with E-state index in [1.54, 1.807) is 24.3 Å². The lowest BCUT2D eigenvalue weighted by atomic mass is 9.89. The van der Waals surface area contributed by atoms with Gasteiger partial charge in [0.1, 0.15) is 19.8 Å². The third kappa shape index (κ3) is 29.9. The molecule has 7 atom stereocenters. The number of aliphatic hydroxyl groups excluding tert-OH is 3. The molecule has 0 radical (unpaired) electrons. The van der Waals surface area contributed by atoms with E-state index >= 15 is 0 Å². The summed E-state index contributed by atoms with van der Waals surface area (Å²) in [7, 11) is 0.923. The Morgan fingerprint density at radius 2 is 1.42 bits per heavy atom. The van der Waals surface area contributed by atoms with Gasteiger partial charge in [-0.25, -0.2) is 0 Å². The van der Waals surface area contributed by atoms with E-state index < -0.39 is 57.4 Å². The topological polar surface area (TPSA) is 172 Å². The van der Waals surface area contributed by atoms with Crippen molar-refractivity contribution < 1.29 is 57.4 Å². The maximum Gasteiger partial charge on any atom is 0.310 e. The number of unbranched alkanes of at least 4 members (excludes halogenated alkanes) is 3. The van der Waals surface area contributed by atoms with E-state index in [9.17, 15) is 34.4 Å². The highest BCUT2D eigenvalue weighted by Gasteiger charge is 2.39. The van der Waals surface area contributed by atoms with Crippen LogP contribution in [0.3, 0.4) is 0 Å². The summed E-state index contributed by atoms with van der Waals surface area (Å²) in [5.41, 5.74) is 0. The van der Waals surface area contributed by atoms with E-state index in [0.717, 1.165) is 51.4 Å². The summed E-state index contributed by atoms with van der Waals surface area (Å²) >= 11 is 0. The summed E-state index contributed by atoms with van der Waals surface area (Å²) in [5.74, 6) is -1.87. The highest BCUT2D eigenvalue weighted by Crippen LogP contribution is 2.38. The fraction of sp³-hybridized carbons (Fsp3) is 0.652. The first-order valence-electron chi connectivity index (χ1n) is 21.6. The number of hydrogen-bond donors (Lipinski definition) is 3. The average Bonchev–Trinajstić information content (AvgIpc) is 3.44. The van der Waals surface area contributed by atoms with Crippen LogP contribution in [0, 0.1) is 11.8 Å². The molecule has 13 heteroatoms. The van der Waals surface area contributed by atoms with Crippen LogP contribution in [0.4, 0.5) is 0 Å². The van der Waals surface area contributed by atoms with Crippen molar-refractivity contribution in [3.05, 3.63) is 85.1 Å². The number of likely N-dealkylation sites (N-methyl/N-ethyl adjacent to an activating group) is 1. The first-order valence-corrected chi connectivity index (χ1v) is 23.0. The Morgan fingerprint density at radius 3 is 2.03 bits per heavy atom. The van der Waals surface area contributed by atoms with Gasteiger partial charge in [-0.05, 0) is 63.7 Å². The van der Waals surface area contributed by atoms with Gasteiger partial charge in [0.05, 0.1) is 52.5 Å². The Hall–Kier alpha value is -2.93. The molecule has 0 aromatic heterocycles. The molecule has 0 aromatic rings. The van der Waals surface area contributed by atoms with Gasteiger partial charge >= 0.3 is 11.9 Å². The molecule has 1 fully saturated rings. The van der Waals surface area contributed by atoms with Crippen molar-refractivity contribution in [2.45, 2.75) is 135 Å². The average molecular weight is 850 g/mol. The van der Waals surface area contributed by atoms with Crippen molar-refractivity contribution in [3.63, 3.8) is 0 Å². The third-order valence-electron chi connectivity index (χ3n) is 9.50. The Labute approximate surface area is 355 Å². The minimum absolute atomic E-state index is 0.102. The van der Waals surface area contributed by atoms with E-state index in [1.807, 2.05) is 33.3 Å². The molecule has 0 aromatic carbocycles. The quantitative estimate of drug-likeness (QED) is 0.0194. The maximum absolute atomic E-state index is 12.8. The minimum Gasteiger partial charge on any atom is -0.756 e. The number of ether oxygens (including phenoxy) is 2. The van der Waals surface area contributed by atoms with Crippen molar-refractivity contribution in [2.24, 2.45) is 11.8 Å². The van der Waals surface area contributed by atoms with Gasteiger partial charge in [0.15, 0.2) is 6.10 Å². The molecular weight excluding hydrogens is 773 g/mol. The zero-order valence-electron chi connectivity index (χ0n) is 36.5. The van der Waals surface area contributed by atoms with Gasteiger partial charge in [-0.15, -0.1) is 0 Å². The van der Waals surface area contributed by atoms with Crippen LogP contribution >= 0.6 is 7.82 Å². The van der Waals surface area contributed by atoms with Gasteiger partial charge < -0.3 is 43.2 Å². The molecule has 1 unspecified atom stereocenters. The van der Waals surface area contributed by atoms with Gasteiger partial charge in [-0.3, -0.25) is 14.2 Å². The number of carbonyl (C=O) groups is 2. The molecule has 0 amide bonds. The summed E-state index contributed by atoms with van der Waals surface area (Å²) in [6.45, 7) is 3.52. The van der Waals surface area contributed by atoms with Gasteiger partial charge in [-0.2, -0.15) is 0 Å². The van der Waals surface area contributed by atoms with Crippen molar-refractivity contribution in [1.29, 1.82) is 0 Å². The largest absolute Gasteiger partial charge is 0.756 e. The van der Waals surface area contributed by atoms with Crippen molar-refractivity contribution >= 4 is 19.8 Å². The number of phosphoric acid groups is 1. The van der Waals surface area contributed by atoms with Crippen LogP contribution in [0.25, 0.3) is 0 Å². The summed E-state index contributed by atoms with van der Waals surface area (Å²) in [5, 5.41) is 31.4. The molecule has 0 saturated heterocycles. The summed E-state index contributed by atoms with van der Waals surface area (Å²) < 4.78 is 33.7. The maximum atomic E-state index is 12.8. The normalized spacial score (nSPS) is 21.3. The molecule has 1 saturated carbocycles. The number of quaternary nitrogens is 1. The van der Waals surface area contributed by atoms with Crippen LogP contribution in [0.15, 0.2) is 85.1 Å². The van der Waals surface area contributed by atoms with Gasteiger partial charge in [0.25, 0.3) is 7.82 Å². The number of nitrogens with zero attached hydrogens (tertiary/aromatic N) is 1. The van der Waals surface area contributed by atoms with Crippen LogP contribution in [-0.2, 0) is 32.7 Å². The monoisotopic (exact) mass is 850 g/mol. The van der Waals surface area contributed by atoms with Gasteiger partial charge in [0, 0.05) is 18.8 Å². The molecule has 1 rings (SSSR count). The molecule has 0 heterocycles. The number of carbonyl (C=O) groups excluding carboxylic acids is 2. The van der Waals surface area contributed by atoms with Crippen molar-refractivity contribution in [2.75, 3.05) is 47.5 Å². The van der Waals surface area contributed by atoms with Crippen molar-refractivity contribution in [3.8, 4) is 0 Å². The lowest BCUT2D eigenvalue weighted by Crippen LogP contribution is -2.37. The van der Waals surface area contributed by atoms with Gasteiger partial charge in [-0.1, -0.05) is 118 Å². The van der Waals surface area contributed by atoms with Crippen LogP contribution < -0.4 is 4.89 Å². The summed E-state index contributed by atoms with van der Waals surface area (Å²) in [4.78, 5) is 37.8. The number of phosphoric ester groups is 1. The number of aliphatic hydroxyl groups is 3. The first kappa shape index (κ1) is 54.1. The number of rotatable bonds is 33. The lowest BCUT2D eigenvalue weighted by molar-refractivity contribution is -0.870. The molecule has 336 valence electrons. The molecule has 0 spiro atoms. The zero-order chi connectivity index (χ0) is 43.8. The summed E-state index contributed by atoms with van der Waals surface area (Å²) in [6.07, 6.45) is 34.7. The Bertz CT molecular complexity index is 1400. The zero-order valence-corrected chi connectivity index (χ0v) is 37.4. The van der Waals surface area contributed by atoms with E-state index in [1.165, 1.54) is 0 Å². The third-order valence-corrected chi connectivity index (χ3v) is 10.5. The Balaban J connectivity index is 2.62. The highest BCUT2D eigenvalue weighted by atomic mass is 31.2. The van der Waals surface area contributed by atoms with Crippen LogP contribution in [0.5, 0.6) is 0 Å². The van der Waals surface area contributed by atoms with Gasteiger partial charge in [0.2, 0.25) is 0 Å². The predicted molar refractivity (Wildman–Crippen MR) is 233 cm³/mol. The predicted octanol–water partition coefficient (Wildman–Crippen LogP) is 7.76. The smallest absolute Gasteiger partial charge is 0.310 e. The van der Waals surface area contributed by atoms with E-state index in [2.05, 4.69) is 62.5 Å². The Morgan fingerprint density at radius 1 is 0.797 bits per heavy atom.